The number of carbonyl (C=O) groups excluding carboxylic acids is 1. The van der Waals surface area contributed by atoms with Crippen molar-refractivity contribution in [2.75, 3.05) is 11.9 Å². The van der Waals surface area contributed by atoms with E-state index in [0.29, 0.717) is 36.1 Å². The van der Waals surface area contributed by atoms with E-state index < -0.39 is 0 Å². The Labute approximate surface area is 168 Å². The zero-order chi connectivity index (χ0) is 19.5. The molecule has 0 atom stereocenters. The van der Waals surface area contributed by atoms with E-state index in [9.17, 15) is 4.79 Å². The van der Waals surface area contributed by atoms with Crippen molar-refractivity contribution >= 4 is 34.6 Å². The molecule has 1 saturated carbocycles. The molecule has 0 aliphatic heterocycles. The summed E-state index contributed by atoms with van der Waals surface area (Å²) in [5, 5.41) is 3.47. The minimum atomic E-state index is -0.327. The Morgan fingerprint density at radius 3 is 2.93 bits per heavy atom. The van der Waals surface area contributed by atoms with Crippen molar-refractivity contribution in [3.8, 4) is 0 Å². The normalized spacial score (nSPS) is 14.5. The number of aromatic nitrogens is 4. The minimum Gasteiger partial charge on any atom is -0.462 e. The third-order valence-corrected chi connectivity index (χ3v) is 5.18. The molecule has 0 saturated heterocycles. The van der Waals surface area contributed by atoms with Gasteiger partial charge in [0.2, 0.25) is 5.28 Å². The van der Waals surface area contributed by atoms with Gasteiger partial charge in [-0.3, -0.25) is 0 Å². The third kappa shape index (κ3) is 3.80. The van der Waals surface area contributed by atoms with Gasteiger partial charge in [-0.25, -0.2) is 9.78 Å². The van der Waals surface area contributed by atoms with Gasteiger partial charge in [0.05, 0.1) is 18.5 Å². The first-order valence-electron chi connectivity index (χ1n) is 9.55. The zero-order valence-corrected chi connectivity index (χ0v) is 16.4. The number of ether oxygens (including phenoxy) is 1. The highest BCUT2D eigenvalue weighted by Crippen LogP contribution is 2.33. The number of anilines is 1. The van der Waals surface area contributed by atoms with Gasteiger partial charge in [-0.05, 0) is 49.1 Å². The SMILES string of the molecule is CCOC(=O)c1cccc(CNc2nc(Cl)nc3c2ncn3C2CCCC2)c1. The van der Waals surface area contributed by atoms with Crippen molar-refractivity contribution in [1.29, 1.82) is 0 Å². The summed E-state index contributed by atoms with van der Waals surface area (Å²) in [6, 6.07) is 7.74. The molecular weight excluding hydrogens is 378 g/mol. The average molecular weight is 400 g/mol. The quantitative estimate of drug-likeness (QED) is 0.489. The van der Waals surface area contributed by atoms with E-state index in [1.54, 1.807) is 13.0 Å². The summed E-state index contributed by atoms with van der Waals surface area (Å²) >= 11 is 6.18. The lowest BCUT2D eigenvalue weighted by atomic mass is 10.1. The highest BCUT2D eigenvalue weighted by atomic mass is 35.5. The standard InChI is InChI=1S/C20H22ClN5O2/c1-2-28-19(27)14-7-5-6-13(10-14)11-22-17-16-18(25-20(21)24-17)26(12-23-16)15-8-3-4-9-15/h5-7,10,12,15H,2-4,8-9,11H2,1H3,(H,22,24,25). The zero-order valence-electron chi connectivity index (χ0n) is 15.7. The average Bonchev–Trinajstić information content (AvgIpc) is 3.36. The summed E-state index contributed by atoms with van der Waals surface area (Å²) < 4.78 is 7.17. The van der Waals surface area contributed by atoms with Crippen LogP contribution in [-0.4, -0.2) is 32.1 Å². The largest absolute Gasteiger partial charge is 0.462 e. The van der Waals surface area contributed by atoms with E-state index in [4.69, 9.17) is 16.3 Å². The summed E-state index contributed by atoms with van der Waals surface area (Å²) in [7, 11) is 0. The number of rotatable bonds is 6. The molecule has 28 heavy (non-hydrogen) atoms. The van der Waals surface area contributed by atoms with Gasteiger partial charge < -0.3 is 14.6 Å². The first-order valence-corrected chi connectivity index (χ1v) is 9.93. The number of benzene rings is 1. The van der Waals surface area contributed by atoms with E-state index in [2.05, 4.69) is 24.8 Å². The van der Waals surface area contributed by atoms with Crippen molar-refractivity contribution in [3.05, 3.63) is 47.0 Å². The molecule has 1 aliphatic rings. The van der Waals surface area contributed by atoms with Crippen LogP contribution in [-0.2, 0) is 11.3 Å². The van der Waals surface area contributed by atoms with Crippen molar-refractivity contribution in [2.24, 2.45) is 0 Å². The highest BCUT2D eigenvalue weighted by molar-refractivity contribution is 6.28. The number of hydrogen-bond donors (Lipinski definition) is 1. The Bertz CT molecular complexity index is 997. The van der Waals surface area contributed by atoms with Gasteiger partial charge in [-0.15, -0.1) is 0 Å². The Morgan fingerprint density at radius 1 is 1.32 bits per heavy atom. The molecule has 0 radical (unpaired) electrons. The summed E-state index contributed by atoms with van der Waals surface area (Å²) in [4.78, 5) is 25.2. The fourth-order valence-electron chi connectivity index (χ4n) is 3.67. The van der Waals surface area contributed by atoms with E-state index in [-0.39, 0.29) is 11.3 Å². The van der Waals surface area contributed by atoms with Crippen LogP contribution in [0.3, 0.4) is 0 Å². The molecule has 3 aromatic rings. The lowest BCUT2D eigenvalue weighted by Crippen LogP contribution is -2.08. The van der Waals surface area contributed by atoms with Gasteiger partial charge in [0.25, 0.3) is 0 Å². The second kappa shape index (κ2) is 8.14. The Hall–Kier alpha value is -2.67. The van der Waals surface area contributed by atoms with Gasteiger partial charge >= 0.3 is 5.97 Å². The van der Waals surface area contributed by atoms with Crippen LogP contribution >= 0.6 is 11.6 Å². The number of halogens is 1. The van der Waals surface area contributed by atoms with Crippen molar-refractivity contribution < 1.29 is 9.53 Å². The smallest absolute Gasteiger partial charge is 0.338 e. The van der Waals surface area contributed by atoms with Crippen LogP contribution in [0.5, 0.6) is 0 Å². The molecule has 0 amide bonds. The fraction of sp³-hybridized carbons (Fsp3) is 0.400. The summed E-state index contributed by atoms with van der Waals surface area (Å²) in [6.07, 6.45) is 6.56. The minimum absolute atomic E-state index is 0.190. The second-order valence-electron chi connectivity index (χ2n) is 6.88. The van der Waals surface area contributed by atoms with Crippen LogP contribution in [0.15, 0.2) is 30.6 Å². The Balaban J connectivity index is 1.57. The predicted octanol–water partition coefficient (Wildman–Crippen LogP) is 4.38. The molecular formula is C20H22ClN5O2. The van der Waals surface area contributed by atoms with E-state index in [1.807, 2.05) is 24.5 Å². The second-order valence-corrected chi connectivity index (χ2v) is 7.22. The van der Waals surface area contributed by atoms with Crippen molar-refractivity contribution in [3.63, 3.8) is 0 Å². The molecule has 0 unspecified atom stereocenters. The number of fused-ring (bicyclic) bond motifs is 1. The summed E-state index contributed by atoms with van der Waals surface area (Å²) in [5.74, 6) is 0.264. The number of carbonyl (C=O) groups is 1. The molecule has 1 aliphatic carbocycles. The molecule has 2 aromatic heterocycles. The monoisotopic (exact) mass is 399 g/mol. The fourth-order valence-corrected chi connectivity index (χ4v) is 3.84. The highest BCUT2D eigenvalue weighted by Gasteiger charge is 2.21. The first-order chi connectivity index (χ1) is 13.7. The topological polar surface area (TPSA) is 81.9 Å². The molecule has 2 heterocycles. The van der Waals surface area contributed by atoms with Gasteiger partial charge in [0.15, 0.2) is 17.0 Å². The third-order valence-electron chi connectivity index (χ3n) is 5.01. The van der Waals surface area contributed by atoms with Crippen LogP contribution in [0.1, 0.15) is 54.6 Å². The maximum absolute atomic E-state index is 11.9. The van der Waals surface area contributed by atoms with Crippen molar-refractivity contribution in [1.82, 2.24) is 19.5 Å². The number of nitrogens with one attached hydrogen (secondary N) is 1. The molecule has 8 heteroatoms. The van der Waals surface area contributed by atoms with Gasteiger partial charge in [0.1, 0.15) is 0 Å². The molecule has 7 nitrogen and oxygen atoms in total. The molecule has 0 spiro atoms. The van der Waals surface area contributed by atoms with Crippen LogP contribution < -0.4 is 5.32 Å². The number of nitrogens with zero attached hydrogens (tertiary/aromatic N) is 4. The Morgan fingerprint density at radius 2 is 2.14 bits per heavy atom. The molecule has 4 rings (SSSR count). The van der Waals surface area contributed by atoms with E-state index in [1.165, 1.54) is 12.8 Å². The maximum atomic E-state index is 11.9. The molecule has 1 aromatic carbocycles. The van der Waals surface area contributed by atoms with Crippen molar-refractivity contribution in [2.45, 2.75) is 45.2 Å². The Kier molecular flexibility index (Phi) is 5.43. The lowest BCUT2D eigenvalue weighted by molar-refractivity contribution is 0.0526. The molecule has 0 bridgehead atoms. The van der Waals surface area contributed by atoms with Crippen LogP contribution in [0.4, 0.5) is 5.82 Å². The maximum Gasteiger partial charge on any atom is 0.338 e. The van der Waals surface area contributed by atoms with Crippen LogP contribution in [0.2, 0.25) is 5.28 Å². The lowest BCUT2D eigenvalue weighted by Gasteiger charge is -2.12. The van der Waals surface area contributed by atoms with Gasteiger partial charge in [0, 0.05) is 12.6 Å². The number of esters is 1. The number of hydrogen-bond acceptors (Lipinski definition) is 6. The summed E-state index contributed by atoms with van der Waals surface area (Å²) in [6.45, 7) is 2.62. The molecule has 1 fully saturated rings. The summed E-state index contributed by atoms with van der Waals surface area (Å²) in [5.41, 5.74) is 2.92. The molecule has 146 valence electrons. The number of imidazole rings is 1. The van der Waals surface area contributed by atoms with Gasteiger partial charge in [-0.2, -0.15) is 9.97 Å². The molecule has 1 N–H and O–H groups in total. The van der Waals surface area contributed by atoms with Gasteiger partial charge in [-0.1, -0.05) is 25.0 Å². The van der Waals surface area contributed by atoms with Crippen LogP contribution in [0.25, 0.3) is 11.2 Å². The van der Waals surface area contributed by atoms with E-state index in [0.717, 1.165) is 24.1 Å². The first kappa shape index (κ1) is 18.7. The van der Waals surface area contributed by atoms with Crippen LogP contribution in [0, 0.1) is 0 Å². The van der Waals surface area contributed by atoms with E-state index >= 15 is 0 Å². The predicted molar refractivity (Wildman–Crippen MR) is 108 cm³/mol.